The van der Waals surface area contributed by atoms with Crippen LogP contribution in [0.5, 0.6) is 0 Å². The predicted octanol–water partition coefficient (Wildman–Crippen LogP) is -1.51. The molecule has 4 amide bonds. The number of nitrogens with one attached hydrogen (secondary N) is 4. The monoisotopic (exact) mass is 518 g/mol. The first kappa shape index (κ1) is 29.3. The Morgan fingerprint density at radius 2 is 1.59 bits per heavy atom. The second-order valence-electron chi connectivity index (χ2n) is 9.05. The fraction of sp³-hybridized carbons (Fsp3) is 0.458. The zero-order chi connectivity index (χ0) is 27.7. The lowest BCUT2D eigenvalue weighted by atomic mass is 10.0. The smallest absolute Gasteiger partial charge is 0.326 e. The van der Waals surface area contributed by atoms with E-state index in [1.54, 1.807) is 20.0 Å². The van der Waals surface area contributed by atoms with E-state index in [2.05, 4.69) is 20.9 Å². The van der Waals surface area contributed by atoms with E-state index in [1.165, 1.54) is 0 Å². The third-order valence-corrected chi connectivity index (χ3v) is 5.81. The Morgan fingerprint density at radius 3 is 2.19 bits per heavy atom. The first-order chi connectivity index (χ1) is 17.4. The minimum atomic E-state index is -1.31. The topological polar surface area (TPSA) is 230 Å². The second-order valence-corrected chi connectivity index (χ2v) is 9.05. The SMILES string of the molecule is CC(C)C(NC(=O)C(CCC(N)=O)NC(=O)C(Cc1c[nH]c2ccccc12)NC(=O)C(N)CO)C(=O)O. The Balaban J connectivity index is 2.31. The number of primary amides is 1. The first-order valence-corrected chi connectivity index (χ1v) is 11.8. The standard InChI is InChI=1S/C24H34N6O7/c1-12(2)20(24(36)37)30-22(34)17(7-8-19(26)32)28-23(35)18(29-21(33)15(25)11-31)9-13-10-27-16-6-4-3-5-14(13)16/h3-6,10,12,15,17-18,20,27,31H,7-9,11,25H2,1-2H3,(H2,26,32)(H,28,35)(H,29,33)(H,30,34)(H,36,37). The number of rotatable bonds is 14. The summed E-state index contributed by atoms with van der Waals surface area (Å²) in [5, 5.41) is 26.8. The number of benzene rings is 1. The molecular formula is C24H34N6O7. The number of hydrogen-bond acceptors (Lipinski definition) is 7. The number of carboxylic acids is 1. The lowest BCUT2D eigenvalue weighted by Gasteiger charge is -2.26. The molecule has 37 heavy (non-hydrogen) atoms. The van der Waals surface area contributed by atoms with Crippen molar-refractivity contribution in [2.45, 2.75) is 57.3 Å². The van der Waals surface area contributed by atoms with Gasteiger partial charge in [0.05, 0.1) is 6.61 Å². The van der Waals surface area contributed by atoms with Crippen LogP contribution in [0.3, 0.4) is 0 Å². The molecule has 0 aliphatic carbocycles. The minimum absolute atomic E-state index is 0.00758. The summed E-state index contributed by atoms with van der Waals surface area (Å²) in [5.41, 5.74) is 12.3. The number of aliphatic hydroxyl groups is 1. The molecule has 1 heterocycles. The molecule has 0 aliphatic heterocycles. The van der Waals surface area contributed by atoms with Crippen LogP contribution in [0.2, 0.25) is 0 Å². The minimum Gasteiger partial charge on any atom is -0.480 e. The average Bonchev–Trinajstić information content (AvgIpc) is 3.25. The molecule has 0 bridgehead atoms. The number of carbonyl (C=O) groups is 5. The van der Waals surface area contributed by atoms with E-state index < -0.39 is 66.3 Å². The highest BCUT2D eigenvalue weighted by atomic mass is 16.4. The number of aliphatic hydroxyl groups excluding tert-OH is 1. The van der Waals surface area contributed by atoms with E-state index in [0.29, 0.717) is 5.56 Å². The number of carboxylic acid groups (broad SMARTS) is 1. The zero-order valence-electron chi connectivity index (χ0n) is 20.7. The Morgan fingerprint density at radius 1 is 0.973 bits per heavy atom. The Kier molecular flexibility index (Phi) is 10.6. The normalized spacial score (nSPS) is 14.4. The van der Waals surface area contributed by atoms with E-state index in [9.17, 15) is 34.2 Å². The van der Waals surface area contributed by atoms with Crippen LogP contribution in [0.1, 0.15) is 32.3 Å². The fourth-order valence-corrected chi connectivity index (χ4v) is 3.69. The van der Waals surface area contributed by atoms with Crippen LogP contribution in [0, 0.1) is 5.92 Å². The van der Waals surface area contributed by atoms with Crippen molar-refractivity contribution in [2.24, 2.45) is 17.4 Å². The molecule has 0 spiro atoms. The molecule has 0 saturated carbocycles. The third kappa shape index (κ3) is 8.29. The molecule has 0 aliphatic rings. The van der Waals surface area contributed by atoms with Gasteiger partial charge in [-0.15, -0.1) is 0 Å². The molecule has 10 N–H and O–H groups in total. The molecule has 1 aromatic heterocycles. The maximum absolute atomic E-state index is 13.3. The Bertz CT molecular complexity index is 1130. The van der Waals surface area contributed by atoms with Crippen LogP contribution >= 0.6 is 0 Å². The lowest BCUT2D eigenvalue weighted by Crippen LogP contribution is -2.58. The number of amides is 4. The summed E-state index contributed by atoms with van der Waals surface area (Å²) in [6, 6.07) is 2.28. The maximum atomic E-state index is 13.3. The summed E-state index contributed by atoms with van der Waals surface area (Å²) in [5.74, 6) is -4.81. The van der Waals surface area contributed by atoms with Crippen LogP contribution in [-0.2, 0) is 30.4 Å². The number of aliphatic carboxylic acids is 1. The Hall–Kier alpha value is -3.97. The third-order valence-electron chi connectivity index (χ3n) is 5.81. The number of carbonyl (C=O) groups excluding carboxylic acids is 4. The van der Waals surface area contributed by atoms with Gasteiger partial charge in [0.15, 0.2) is 0 Å². The molecule has 13 heteroatoms. The maximum Gasteiger partial charge on any atom is 0.326 e. The number of para-hydroxylation sites is 1. The second kappa shape index (κ2) is 13.4. The van der Waals surface area contributed by atoms with Gasteiger partial charge in [0, 0.05) is 29.9 Å². The van der Waals surface area contributed by atoms with E-state index in [1.807, 2.05) is 24.3 Å². The molecule has 0 saturated heterocycles. The number of H-pyrrole nitrogens is 1. The van der Waals surface area contributed by atoms with Gasteiger partial charge in [-0.2, -0.15) is 0 Å². The molecular weight excluding hydrogens is 484 g/mol. The fourth-order valence-electron chi connectivity index (χ4n) is 3.69. The van der Waals surface area contributed by atoms with E-state index in [0.717, 1.165) is 10.9 Å². The molecule has 4 unspecified atom stereocenters. The zero-order valence-corrected chi connectivity index (χ0v) is 20.7. The predicted molar refractivity (Wildman–Crippen MR) is 134 cm³/mol. The highest BCUT2D eigenvalue weighted by molar-refractivity contribution is 5.95. The van der Waals surface area contributed by atoms with Gasteiger partial charge in [0.1, 0.15) is 24.2 Å². The van der Waals surface area contributed by atoms with Crippen molar-refractivity contribution in [3.63, 3.8) is 0 Å². The quantitative estimate of drug-likeness (QED) is 0.146. The summed E-state index contributed by atoms with van der Waals surface area (Å²) >= 11 is 0. The molecule has 4 atom stereocenters. The van der Waals surface area contributed by atoms with Crippen LogP contribution in [-0.4, -0.2) is 75.6 Å². The molecule has 1 aromatic carbocycles. The number of aromatic amines is 1. The van der Waals surface area contributed by atoms with Crippen molar-refractivity contribution in [3.8, 4) is 0 Å². The van der Waals surface area contributed by atoms with Gasteiger partial charge >= 0.3 is 5.97 Å². The van der Waals surface area contributed by atoms with Gasteiger partial charge in [-0.1, -0.05) is 32.0 Å². The average molecular weight is 519 g/mol. The number of hydrogen-bond donors (Lipinski definition) is 8. The van der Waals surface area contributed by atoms with Crippen molar-refractivity contribution in [3.05, 3.63) is 36.0 Å². The largest absolute Gasteiger partial charge is 0.480 e. The van der Waals surface area contributed by atoms with Crippen molar-refractivity contribution in [2.75, 3.05) is 6.61 Å². The number of fused-ring (bicyclic) bond motifs is 1. The molecule has 2 rings (SSSR count). The van der Waals surface area contributed by atoms with Crippen LogP contribution in [0.25, 0.3) is 10.9 Å². The Labute approximate surface area is 213 Å². The summed E-state index contributed by atoms with van der Waals surface area (Å²) in [4.78, 5) is 64.6. The number of nitrogens with two attached hydrogens (primary N) is 2. The van der Waals surface area contributed by atoms with Gasteiger partial charge in [0.25, 0.3) is 0 Å². The molecule has 2 aromatic rings. The van der Waals surface area contributed by atoms with E-state index >= 15 is 0 Å². The molecule has 13 nitrogen and oxygen atoms in total. The highest BCUT2D eigenvalue weighted by Crippen LogP contribution is 2.19. The van der Waals surface area contributed by atoms with Crippen LogP contribution in [0.15, 0.2) is 30.5 Å². The van der Waals surface area contributed by atoms with Gasteiger partial charge in [-0.3, -0.25) is 19.2 Å². The lowest BCUT2D eigenvalue weighted by molar-refractivity contribution is -0.143. The van der Waals surface area contributed by atoms with Gasteiger partial charge in [-0.25, -0.2) is 4.79 Å². The van der Waals surface area contributed by atoms with Gasteiger partial charge in [0.2, 0.25) is 23.6 Å². The van der Waals surface area contributed by atoms with Gasteiger partial charge < -0.3 is 42.6 Å². The van der Waals surface area contributed by atoms with Crippen LogP contribution in [0.4, 0.5) is 0 Å². The first-order valence-electron chi connectivity index (χ1n) is 11.8. The summed E-state index contributed by atoms with van der Waals surface area (Å²) in [6.07, 6.45) is 1.24. The molecule has 0 radical (unpaired) electrons. The van der Waals surface area contributed by atoms with Gasteiger partial charge in [-0.05, 0) is 24.0 Å². The van der Waals surface area contributed by atoms with Crippen molar-refractivity contribution < 1.29 is 34.2 Å². The van der Waals surface area contributed by atoms with Crippen LogP contribution < -0.4 is 27.4 Å². The molecule has 0 fully saturated rings. The highest BCUT2D eigenvalue weighted by Gasteiger charge is 2.31. The summed E-state index contributed by atoms with van der Waals surface area (Å²) in [7, 11) is 0. The van der Waals surface area contributed by atoms with E-state index in [4.69, 9.17) is 11.5 Å². The number of aromatic nitrogens is 1. The molecule has 202 valence electrons. The van der Waals surface area contributed by atoms with Crippen molar-refractivity contribution >= 4 is 40.5 Å². The van der Waals surface area contributed by atoms with Crippen molar-refractivity contribution in [1.82, 2.24) is 20.9 Å². The van der Waals surface area contributed by atoms with Crippen molar-refractivity contribution in [1.29, 1.82) is 0 Å². The summed E-state index contributed by atoms with van der Waals surface area (Å²) in [6.45, 7) is 2.56. The van der Waals surface area contributed by atoms with E-state index in [-0.39, 0.29) is 19.3 Å². The summed E-state index contributed by atoms with van der Waals surface area (Å²) < 4.78 is 0.